The smallest absolute Gasteiger partial charge is 0.224 e. The maximum Gasteiger partial charge on any atom is 0.224 e. The van der Waals surface area contributed by atoms with Crippen LogP contribution in [-0.2, 0) is 21.2 Å². The van der Waals surface area contributed by atoms with Crippen LogP contribution in [0.25, 0.3) is 5.69 Å². The summed E-state index contributed by atoms with van der Waals surface area (Å²) in [6.45, 7) is 1.30. The van der Waals surface area contributed by atoms with Gasteiger partial charge in [-0.15, -0.1) is 5.10 Å². The molecule has 0 radical (unpaired) electrons. The minimum Gasteiger partial charge on any atom is -0.355 e. The van der Waals surface area contributed by atoms with Gasteiger partial charge in [0.15, 0.2) is 0 Å². The Morgan fingerprint density at radius 2 is 1.88 bits per heavy atom. The molecular formula is C15H20N6O3S. The van der Waals surface area contributed by atoms with E-state index in [1.807, 2.05) is 24.3 Å². The summed E-state index contributed by atoms with van der Waals surface area (Å²) in [5.41, 5.74) is 1.63. The molecule has 0 aliphatic carbocycles. The van der Waals surface area contributed by atoms with E-state index < -0.39 is 10.0 Å². The molecule has 25 heavy (non-hydrogen) atoms. The number of hydrogen-bond donors (Lipinski definition) is 1. The zero-order valence-corrected chi connectivity index (χ0v) is 14.5. The molecule has 1 N–H and O–H groups in total. The van der Waals surface area contributed by atoms with Gasteiger partial charge in [0.05, 0.1) is 17.9 Å². The highest BCUT2D eigenvalue weighted by atomic mass is 32.2. The first-order valence-corrected chi connectivity index (χ1v) is 9.72. The van der Waals surface area contributed by atoms with E-state index in [1.165, 1.54) is 15.3 Å². The monoisotopic (exact) mass is 364 g/mol. The molecule has 2 heterocycles. The lowest BCUT2D eigenvalue weighted by molar-refractivity contribution is -0.120. The molecule has 1 aliphatic rings. The minimum atomic E-state index is -3.26. The van der Waals surface area contributed by atoms with Crippen molar-refractivity contribution in [2.75, 3.05) is 25.4 Å². The molecule has 0 bridgehead atoms. The van der Waals surface area contributed by atoms with Gasteiger partial charge in [0, 0.05) is 19.6 Å². The number of nitrogens with zero attached hydrogens (tertiary/aromatic N) is 5. The standard InChI is InChI=1S/C15H20N6O3S/c22-15(16-7-10-25(23,24)20-8-1-2-9-20)11-13-3-5-14(6-4-13)21-12-17-18-19-21/h3-6,12H,1-2,7-11H2,(H,16,22). The van der Waals surface area contributed by atoms with E-state index in [0.717, 1.165) is 24.1 Å². The number of carbonyl (C=O) groups excluding carboxylic acids is 1. The van der Waals surface area contributed by atoms with Crippen molar-refractivity contribution in [3.63, 3.8) is 0 Å². The third-order valence-electron chi connectivity index (χ3n) is 4.06. The molecule has 2 aromatic rings. The van der Waals surface area contributed by atoms with Gasteiger partial charge < -0.3 is 5.32 Å². The number of tetrazole rings is 1. The fraction of sp³-hybridized carbons (Fsp3) is 0.467. The van der Waals surface area contributed by atoms with Crippen LogP contribution in [0.15, 0.2) is 30.6 Å². The van der Waals surface area contributed by atoms with Crippen molar-refractivity contribution in [3.8, 4) is 5.69 Å². The van der Waals surface area contributed by atoms with Crippen LogP contribution in [0, 0.1) is 0 Å². The summed E-state index contributed by atoms with van der Waals surface area (Å²) in [4.78, 5) is 12.0. The lowest BCUT2D eigenvalue weighted by Gasteiger charge is -2.15. The third kappa shape index (κ3) is 4.60. The van der Waals surface area contributed by atoms with Crippen LogP contribution in [0.4, 0.5) is 0 Å². The predicted molar refractivity (Wildman–Crippen MR) is 90.5 cm³/mol. The number of hydrogen-bond acceptors (Lipinski definition) is 6. The highest BCUT2D eigenvalue weighted by Gasteiger charge is 2.24. The predicted octanol–water partition coefficient (Wildman–Crippen LogP) is -0.253. The summed E-state index contributed by atoms with van der Waals surface area (Å²) < 4.78 is 27.2. The Bertz CT molecular complexity index is 798. The summed E-state index contributed by atoms with van der Waals surface area (Å²) >= 11 is 0. The second kappa shape index (κ2) is 7.70. The average molecular weight is 364 g/mol. The van der Waals surface area contributed by atoms with Gasteiger partial charge in [-0.2, -0.15) is 0 Å². The molecule has 0 unspecified atom stereocenters. The number of benzene rings is 1. The first-order valence-electron chi connectivity index (χ1n) is 8.11. The van der Waals surface area contributed by atoms with Crippen LogP contribution in [0.2, 0.25) is 0 Å². The molecule has 1 saturated heterocycles. The molecule has 134 valence electrons. The SMILES string of the molecule is O=C(Cc1ccc(-n2cnnn2)cc1)NCCS(=O)(=O)N1CCCC1. The van der Waals surface area contributed by atoms with Crippen molar-refractivity contribution >= 4 is 15.9 Å². The molecule has 0 saturated carbocycles. The van der Waals surface area contributed by atoms with Crippen LogP contribution < -0.4 is 5.32 Å². The second-order valence-corrected chi connectivity index (χ2v) is 7.96. The van der Waals surface area contributed by atoms with Gasteiger partial charge in [0.1, 0.15) is 6.33 Å². The van der Waals surface area contributed by atoms with Crippen molar-refractivity contribution < 1.29 is 13.2 Å². The van der Waals surface area contributed by atoms with Gasteiger partial charge >= 0.3 is 0 Å². The van der Waals surface area contributed by atoms with Crippen LogP contribution >= 0.6 is 0 Å². The molecule has 3 rings (SSSR count). The normalized spacial score (nSPS) is 15.4. The maximum atomic E-state index is 12.1. The van der Waals surface area contributed by atoms with Gasteiger partial charge in [0.25, 0.3) is 0 Å². The van der Waals surface area contributed by atoms with Crippen molar-refractivity contribution in [1.29, 1.82) is 0 Å². The Kier molecular flexibility index (Phi) is 5.39. The number of rotatable bonds is 7. The van der Waals surface area contributed by atoms with Crippen molar-refractivity contribution in [2.24, 2.45) is 0 Å². The number of nitrogens with one attached hydrogen (secondary N) is 1. The van der Waals surface area contributed by atoms with Crippen molar-refractivity contribution in [3.05, 3.63) is 36.2 Å². The molecule has 10 heteroatoms. The summed E-state index contributed by atoms with van der Waals surface area (Å²) in [6, 6.07) is 7.27. The highest BCUT2D eigenvalue weighted by Crippen LogP contribution is 2.12. The quantitative estimate of drug-likeness (QED) is 0.725. The number of aromatic nitrogens is 4. The topological polar surface area (TPSA) is 110 Å². The van der Waals surface area contributed by atoms with Crippen molar-refractivity contribution in [2.45, 2.75) is 19.3 Å². The van der Waals surface area contributed by atoms with E-state index in [2.05, 4.69) is 20.8 Å². The summed E-state index contributed by atoms with van der Waals surface area (Å²) in [5.74, 6) is -0.261. The lowest BCUT2D eigenvalue weighted by Crippen LogP contribution is -2.36. The van der Waals surface area contributed by atoms with Gasteiger partial charge in [-0.3, -0.25) is 4.79 Å². The summed E-state index contributed by atoms with van der Waals surface area (Å²) in [6.07, 6.45) is 3.50. The minimum absolute atomic E-state index is 0.0586. The van der Waals surface area contributed by atoms with Gasteiger partial charge in [0.2, 0.25) is 15.9 Å². The zero-order valence-electron chi connectivity index (χ0n) is 13.7. The molecule has 0 atom stereocenters. The first-order chi connectivity index (χ1) is 12.0. The Labute approximate surface area is 146 Å². The van der Waals surface area contributed by atoms with E-state index in [4.69, 9.17) is 0 Å². The van der Waals surface area contributed by atoms with Gasteiger partial charge in [-0.25, -0.2) is 17.4 Å². The molecule has 0 spiro atoms. The first kappa shape index (κ1) is 17.5. The van der Waals surface area contributed by atoms with E-state index in [9.17, 15) is 13.2 Å². The van der Waals surface area contributed by atoms with Gasteiger partial charge in [-0.05, 0) is 41.0 Å². The van der Waals surface area contributed by atoms with Crippen LogP contribution in [0.3, 0.4) is 0 Å². The molecule has 9 nitrogen and oxygen atoms in total. The number of sulfonamides is 1. The Hall–Kier alpha value is -2.33. The highest BCUT2D eigenvalue weighted by molar-refractivity contribution is 7.89. The fourth-order valence-corrected chi connectivity index (χ4v) is 4.14. The summed E-state index contributed by atoms with van der Waals surface area (Å²) in [5, 5.41) is 13.6. The maximum absolute atomic E-state index is 12.1. The average Bonchev–Trinajstić information content (AvgIpc) is 3.29. The van der Waals surface area contributed by atoms with Gasteiger partial charge in [-0.1, -0.05) is 12.1 Å². The molecule has 1 aromatic heterocycles. The van der Waals surface area contributed by atoms with Crippen molar-refractivity contribution in [1.82, 2.24) is 29.8 Å². The number of carbonyl (C=O) groups is 1. The van der Waals surface area contributed by atoms with E-state index in [0.29, 0.717) is 13.1 Å². The number of amides is 1. The van der Waals surface area contributed by atoms with Crippen LogP contribution in [0.1, 0.15) is 18.4 Å². The van der Waals surface area contributed by atoms with E-state index in [-0.39, 0.29) is 24.6 Å². The van der Waals surface area contributed by atoms with Crippen LogP contribution in [-0.4, -0.2) is 64.2 Å². The largest absolute Gasteiger partial charge is 0.355 e. The van der Waals surface area contributed by atoms with E-state index >= 15 is 0 Å². The molecular weight excluding hydrogens is 344 g/mol. The Morgan fingerprint density at radius 1 is 1.16 bits per heavy atom. The zero-order chi connectivity index (χ0) is 17.7. The van der Waals surface area contributed by atoms with Crippen LogP contribution in [0.5, 0.6) is 0 Å². The molecule has 1 fully saturated rings. The summed E-state index contributed by atoms with van der Waals surface area (Å²) in [7, 11) is -3.26. The second-order valence-electron chi connectivity index (χ2n) is 5.87. The molecule has 1 aromatic carbocycles. The Balaban J connectivity index is 1.46. The molecule has 1 amide bonds. The molecule has 1 aliphatic heterocycles. The third-order valence-corrected chi connectivity index (χ3v) is 5.93. The lowest BCUT2D eigenvalue weighted by atomic mass is 10.1. The Morgan fingerprint density at radius 3 is 2.52 bits per heavy atom. The fourth-order valence-electron chi connectivity index (χ4n) is 2.71. The van der Waals surface area contributed by atoms with E-state index in [1.54, 1.807) is 0 Å².